The van der Waals surface area contributed by atoms with Gasteiger partial charge in [0.05, 0.1) is 4.90 Å². The molecule has 3 N–H and O–H groups in total. The van der Waals surface area contributed by atoms with Gasteiger partial charge in [-0.05, 0) is 43.4 Å². The van der Waals surface area contributed by atoms with Crippen LogP contribution in [0.25, 0.3) is 0 Å². The standard InChI is InChI=1S/C14H20N2O3S2/c1-10-8-12(14(15)20)2-3-13(10)21(17,18)16-6-4-11-5-7-19-9-11/h2-3,8,11,16H,4-7,9H2,1H3,(H2,15,20). The van der Waals surface area contributed by atoms with Gasteiger partial charge < -0.3 is 10.5 Å². The van der Waals surface area contributed by atoms with Crippen molar-refractivity contribution in [2.75, 3.05) is 19.8 Å². The predicted molar refractivity (Wildman–Crippen MR) is 85.8 cm³/mol. The summed E-state index contributed by atoms with van der Waals surface area (Å²) in [4.78, 5) is 0.529. The number of aryl methyl sites for hydroxylation is 1. The minimum atomic E-state index is -3.50. The highest BCUT2D eigenvalue weighted by Gasteiger charge is 2.19. The van der Waals surface area contributed by atoms with Crippen LogP contribution in [-0.2, 0) is 14.8 Å². The first-order valence-corrected chi connectivity index (χ1v) is 8.77. The maximum atomic E-state index is 12.3. The Morgan fingerprint density at radius 2 is 2.29 bits per heavy atom. The number of nitrogens with two attached hydrogens (primary N) is 1. The zero-order valence-electron chi connectivity index (χ0n) is 12.0. The third-order valence-electron chi connectivity index (χ3n) is 3.62. The molecule has 1 heterocycles. The molecule has 1 aliphatic rings. The van der Waals surface area contributed by atoms with Crippen molar-refractivity contribution in [3.8, 4) is 0 Å². The molecule has 0 radical (unpaired) electrons. The highest BCUT2D eigenvalue weighted by Crippen LogP contribution is 2.18. The second kappa shape index (κ2) is 6.83. The van der Waals surface area contributed by atoms with Crippen molar-refractivity contribution in [3.05, 3.63) is 29.3 Å². The summed E-state index contributed by atoms with van der Waals surface area (Å²) in [6.45, 7) is 3.66. The fraction of sp³-hybridized carbons (Fsp3) is 0.500. The highest BCUT2D eigenvalue weighted by molar-refractivity contribution is 7.89. The molecule has 116 valence electrons. The van der Waals surface area contributed by atoms with E-state index in [2.05, 4.69) is 4.72 Å². The Hall–Kier alpha value is -1.02. The quantitative estimate of drug-likeness (QED) is 0.770. The molecule has 0 aliphatic carbocycles. The van der Waals surface area contributed by atoms with Crippen LogP contribution in [0.15, 0.2) is 23.1 Å². The smallest absolute Gasteiger partial charge is 0.240 e. The lowest BCUT2D eigenvalue weighted by Crippen LogP contribution is -2.27. The zero-order chi connectivity index (χ0) is 15.5. The van der Waals surface area contributed by atoms with E-state index in [9.17, 15) is 8.42 Å². The average Bonchev–Trinajstić information content (AvgIpc) is 2.91. The third kappa shape index (κ3) is 4.23. The van der Waals surface area contributed by atoms with Crippen molar-refractivity contribution in [2.24, 2.45) is 11.7 Å². The summed E-state index contributed by atoms with van der Waals surface area (Å²) in [5, 5.41) is 0. The van der Waals surface area contributed by atoms with Crippen molar-refractivity contribution in [1.82, 2.24) is 4.72 Å². The van der Waals surface area contributed by atoms with Crippen LogP contribution >= 0.6 is 12.2 Å². The molecule has 1 fully saturated rings. The molecule has 1 aromatic rings. The number of rotatable bonds is 6. The van der Waals surface area contributed by atoms with E-state index >= 15 is 0 Å². The molecule has 21 heavy (non-hydrogen) atoms. The van der Waals surface area contributed by atoms with Gasteiger partial charge in [0.2, 0.25) is 10.0 Å². The predicted octanol–water partition coefficient (Wildman–Crippen LogP) is 1.33. The van der Waals surface area contributed by atoms with Crippen molar-refractivity contribution < 1.29 is 13.2 Å². The van der Waals surface area contributed by atoms with E-state index in [-0.39, 0.29) is 9.88 Å². The van der Waals surface area contributed by atoms with Gasteiger partial charge in [0.15, 0.2) is 0 Å². The monoisotopic (exact) mass is 328 g/mol. The number of sulfonamides is 1. The topological polar surface area (TPSA) is 81.4 Å². The summed E-state index contributed by atoms with van der Waals surface area (Å²) in [6, 6.07) is 4.88. The fourth-order valence-electron chi connectivity index (χ4n) is 2.39. The van der Waals surface area contributed by atoms with Crippen LogP contribution < -0.4 is 10.5 Å². The van der Waals surface area contributed by atoms with E-state index in [0.29, 0.717) is 23.6 Å². The molecule has 1 saturated heterocycles. The fourth-order valence-corrected chi connectivity index (χ4v) is 3.79. The maximum Gasteiger partial charge on any atom is 0.240 e. The number of thiocarbonyl (C=S) groups is 1. The van der Waals surface area contributed by atoms with Crippen molar-refractivity contribution in [2.45, 2.75) is 24.7 Å². The lowest BCUT2D eigenvalue weighted by Gasteiger charge is -2.12. The number of hydrogen-bond donors (Lipinski definition) is 2. The van der Waals surface area contributed by atoms with Gasteiger partial charge in [-0.25, -0.2) is 13.1 Å². The first-order chi connectivity index (χ1) is 9.90. The van der Waals surface area contributed by atoms with Gasteiger partial charge in [0.25, 0.3) is 0 Å². The van der Waals surface area contributed by atoms with Gasteiger partial charge in [-0.1, -0.05) is 18.3 Å². The largest absolute Gasteiger partial charge is 0.389 e. The molecule has 1 aliphatic heterocycles. The Morgan fingerprint density at radius 3 is 2.86 bits per heavy atom. The highest BCUT2D eigenvalue weighted by atomic mass is 32.2. The van der Waals surface area contributed by atoms with Gasteiger partial charge in [0.1, 0.15) is 4.99 Å². The Kier molecular flexibility index (Phi) is 5.32. The second-order valence-corrected chi connectivity index (χ2v) is 7.44. The molecule has 0 saturated carbocycles. The van der Waals surface area contributed by atoms with E-state index in [1.807, 2.05) is 0 Å². The van der Waals surface area contributed by atoms with Crippen LogP contribution in [-0.4, -0.2) is 33.2 Å². The molecule has 0 amide bonds. The zero-order valence-corrected chi connectivity index (χ0v) is 13.6. The Bertz CT molecular complexity index is 623. The first-order valence-electron chi connectivity index (χ1n) is 6.88. The molecule has 5 nitrogen and oxygen atoms in total. The normalized spacial score (nSPS) is 18.8. The first kappa shape index (κ1) is 16.4. The lowest BCUT2D eigenvalue weighted by atomic mass is 10.1. The third-order valence-corrected chi connectivity index (χ3v) is 5.47. The Balaban J connectivity index is 2.03. The van der Waals surface area contributed by atoms with E-state index in [1.165, 1.54) is 0 Å². The number of hydrogen-bond acceptors (Lipinski definition) is 4. The molecule has 7 heteroatoms. The summed E-state index contributed by atoms with van der Waals surface area (Å²) < 4.78 is 32.5. The van der Waals surface area contributed by atoms with Crippen LogP contribution in [0.5, 0.6) is 0 Å². The summed E-state index contributed by atoms with van der Waals surface area (Å²) >= 11 is 4.89. The second-order valence-electron chi connectivity index (χ2n) is 5.26. The van der Waals surface area contributed by atoms with Gasteiger partial charge in [-0.15, -0.1) is 0 Å². The summed E-state index contributed by atoms with van der Waals surface area (Å²) in [7, 11) is -3.50. The van der Waals surface area contributed by atoms with Gasteiger partial charge in [0, 0.05) is 25.3 Å². The molecule has 1 aromatic carbocycles. The van der Waals surface area contributed by atoms with Crippen LogP contribution in [0, 0.1) is 12.8 Å². The van der Waals surface area contributed by atoms with Crippen LogP contribution in [0.4, 0.5) is 0 Å². The molecule has 0 aromatic heterocycles. The van der Waals surface area contributed by atoms with Crippen molar-refractivity contribution in [1.29, 1.82) is 0 Å². The lowest BCUT2D eigenvalue weighted by molar-refractivity contribution is 0.184. The molecule has 1 unspecified atom stereocenters. The average molecular weight is 328 g/mol. The molecule has 1 atom stereocenters. The minimum Gasteiger partial charge on any atom is -0.389 e. The van der Waals surface area contributed by atoms with Gasteiger partial charge in [-0.3, -0.25) is 0 Å². The van der Waals surface area contributed by atoms with E-state index in [0.717, 1.165) is 26.1 Å². The van der Waals surface area contributed by atoms with E-state index < -0.39 is 10.0 Å². The number of ether oxygens (including phenoxy) is 1. The summed E-state index contributed by atoms with van der Waals surface area (Å²) in [6.07, 6.45) is 1.80. The minimum absolute atomic E-state index is 0.260. The van der Waals surface area contributed by atoms with Crippen LogP contribution in [0.3, 0.4) is 0 Å². The summed E-state index contributed by atoms with van der Waals surface area (Å²) in [5.41, 5.74) is 6.85. The molecule has 0 spiro atoms. The molecule has 2 rings (SSSR count). The molecular weight excluding hydrogens is 308 g/mol. The van der Waals surface area contributed by atoms with E-state index in [1.54, 1.807) is 25.1 Å². The Morgan fingerprint density at radius 1 is 1.52 bits per heavy atom. The van der Waals surface area contributed by atoms with Gasteiger partial charge in [-0.2, -0.15) is 0 Å². The van der Waals surface area contributed by atoms with Gasteiger partial charge >= 0.3 is 0 Å². The maximum absolute atomic E-state index is 12.3. The van der Waals surface area contributed by atoms with Crippen molar-refractivity contribution >= 4 is 27.2 Å². The number of nitrogens with one attached hydrogen (secondary N) is 1. The SMILES string of the molecule is Cc1cc(C(N)=S)ccc1S(=O)(=O)NCCC1CCOC1. The molecule has 0 bridgehead atoms. The Labute approximate surface area is 130 Å². The molecular formula is C14H20N2O3S2. The van der Waals surface area contributed by atoms with Crippen molar-refractivity contribution in [3.63, 3.8) is 0 Å². The van der Waals surface area contributed by atoms with Crippen LogP contribution in [0.2, 0.25) is 0 Å². The van der Waals surface area contributed by atoms with E-state index in [4.69, 9.17) is 22.7 Å². The number of benzene rings is 1. The van der Waals surface area contributed by atoms with Crippen LogP contribution in [0.1, 0.15) is 24.0 Å². The summed E-state index contributed by atoms with van der Waals surface area (Å²) in [5.74, 6) is 0.450.